The number of fused-ring (bicyclic) bond motifs is 2. The number of hydrogen-bond donors (Lipinski definition) is 1. The minimum atomic E-state index is -0.613. The van der Waals surface area contributed by atoms with Crippen LogP contribution >= 0.6 is 0 Å². The van der Waals surface area contributed by atoms with Crippen LogP contribution in [0.4, 0.5) is 0 Å². The van der Waals surface area contributed by atoms with E-state index in [0.717, 1.165) is 19.4 Å². The van der Waals surface area contributed by atoms with Gasteiger partial charge in [0.25, 0.3) is 0 Å². The predicted octanol–water partition coefficient (Wildman–Crippen LogP) is 2.74. The molecule has 0 spiro atoms. The first-order valence-electron chi connectivity index (χ1n) is 7.11. The summed E-state index contributed by atoms with van der Waals surface area (Å²) in [5, 5.41) is 9.28. The van der Waals surface area contributed by atoms with E-state index in [9.17, 15) is 9.90 Å². The van der Waals surface area contributed by atoms with Gasteiger partial charge in [0.1, 0.15) is 0 Å². The van der Waals surface area contributed by atoms with Crippen molar-refractivity contribution in [3.63, 3.8) is 0 Å². The maximum Gasteiger partial charge on any atom is 0.308 e. The summed E-state index contributed by atoms with van der Waals surface area (Å²) in [6, 6.07) is 7.28. The lowest BCUT2D eigenvalue weighted by Crippen LogP contribution is -2.32. The maximum atomic E-state index is 11.3. The van der Waals surface area contributed by atoms with Gasteiger partial charge in [-0.3, -0.25) is 9.69 Å². The SMILES string of the molecule is Cc1ccc(CN2C3CCC2C(C(=O)O)C3)c(C)c1. The van der Waals surface area contributed by atoms with Gasteiger partial charge in [0.15, 0.2) is 0 Å². The molecule has 0 amide bonds. The first-order valence-corrected chi connectivity index (χ1v) is 7.11. The van der Waals surface area contributed by atoms with Crippen molar-refractivity contribution in [2.45, 2.75) is 51.7 Å². The van der Waals surface area contributed by atoms with E-state index < -0.39 is 5.97 Å². The second kappa shape index (κ2) is 4.64. The van der Waals surface area contributed by atoms with Crippen molar-refractivity contribution in [3.05, 3.63) is 34.9 Å². The van der Waals surface area contributed by atoms with Gasteiger partial charge >= 0.3 is 5.97 Å². The zero-order chi connectivity index (χ0) is 13.6. The van der Waals surface area contributed by atoms with E-state index in [0.29, 0.717) is 6.04 Å². The van der Waals surface area contributed by atoms with E-state index in [1.165, 1.54) is 23.1 Å². The number of carboxylic acids is 1. The largest absolute Gasteiger partial charge is 0.481 e. The summed E-state index contributed by atoms with van der Waals surface area (Å²) in [7, 11) is 0. The van der Waals surface area contributed by atoms with E-state index in [1.54, 1.807) is 0 Å². The topological polar surface area (TPSA) is 40.5 Å². The lowest BCUT2D eigenvalue weighted by atomic mass is 9.89. The fourth-order valence-corrected chi connectivity index (χ4v) is 3.83. The highest BCUT2D eigenvalue weighted by Crippen LogP contribution is 2.42. The van der Waals surface area contributed by atoms with E-state index in [2.05, 4.69) is 36.9 Å². The average molecular weight is 259 g/mol. The highest BCUT2D eigenvalue weighted by molar-refractivity contribution is 5.71. The van der Waals surface area contributed by atoms with E-state index in [1.807, 2.05) is 0 Å². The second-order valence-corrected chi connectivity index (χ2v) is 6.08. The third kappa shape index (κ3) is 2.16. The molecule has 2 aliphatic heterocycles. The van der Waals surface area contributed by atoms with Gasteiger partial charge in [-0.15, -0.1) is 0 Å². The molecule has 2 heterocycles. The van der Waals surface area contributed by atoms with Gasteiger partial charge in [-0.2, -0.15) is 0 Å². The first kappa shape index (κ1) is 12.7. The van der Waals surface area contributed by atoms with E-state index in [-0.39, 0.29) is 12.0 Å². The summed E-state index contributed by atoms with van der Waals surface area (Å²) in [6.07, 6.45) is 3.05. The Morgan fingerprint density at radius 3 is 2.79 bits per heavy atom. The Hall–Kier alpha value is -1.35. The molecule has 1 N–H and O–H groups in total. The van der Waals surface area contributed by atoms with Crippen molar-refractivity contribution in [2.75, 3.05) is 0 Å². The molecule has 0 saturated carbocycles. The summed E-state index contributed by atoms with van der Waals surface area (Å²) < 4.78 is 0. The molecule has 102 valence electrons. The number of nitrogens with zero attached hydrogens (tertiary/aromatic N) is 1. The molecule has 3 unspecified atom stereocenters. The van der Waals surface area contributed by atoms with Gasteiger partial charge in [-0.05, 0) is 44.2 Å². The number of carboxylic acid groups (broad SMARTS) is 1. The van der Waals surface area contributed by atoms with Gasteiger partial charge in [-0.1, -0.05) is 23.8 Å². The molecule has 1 aromatic rings. The van der Waals surface area contributed by atoms with Crippen molar-refractivity contribution in [1.82, 2.24) is 4.90 Å². The van der Waals surface area contributed by atoms with Crippen LogP contribution in [-0.2, 0) is 11.3 Å². The van der Waals surface area contributed by atoms with Crippen molar-refractivity contribution in [2.24, 2.45) is 5.92 Å². The molecule has 3 heteroatoms. The van der Waals surface area contributed by atoms with Gasteiger partial charge in [0.2, 0.25) is 0 Å². The number of carbonyl (C=O) groups is 1. The highest BCUT2D eigenvalue weighted by atomic mass is 16.4. The molecule has 0 aliphatic carbocycles. The number of hydrogen-bond acceptors (Lipinski definition) is 2. The normalized spacial score (nSPS) is 29.9. The predicted molar refractivity (Wildman–Crippen MR) is 74.0 cm³/mol. The molecule has 0 aromatic heterocycles. The molecule has 0 radical (unpaired) electrons. The van der Waals surface area contributed by atoms with Crippen molar-refractivity contribution in [1.29, 1.82) is 0 Å². The molecule has 2 saturated heterocycles. The molecule has 1 aromatic carbocycles. The molecule has 2 fully saturated rings. The Bertz CT molecular complexity index is 511. The van der Waals surface area contributed by atoms with E-state index in [4.69, 9.17) is 0 Å². The molecule has 19 heavy (non-hydrogen) atoms. The lowest BCUT2D eigenvalue weighted by molar-refractivity contribution is -0.142. The first-order chi connectivity index (χ1) is 9.06. The summed E-state index contributed by atoms with van der Waals surface area (Å²) in [5.74, 6) is -0.762. The average Bonchev–Trinajstić information content (AvgIpc) is 2.90. The molecule has 3 atom stereocenters. The van der Waals surface area contributed by atoms with E-state index >= 15 is 0 Å². The van der Waals surface area contributed by atoms with Crippen molar-refractivity contribution < 1.29 is 9.90 Å². The van der Waals surface area contributed by atoms with Crippen LogP contribution in [0, 0.1) is 19.8 Å². The number of rotatable bonds is 3. The van der Waals surface area contributed by atoms with Crippen LogP contribution in [0.5, 0.6) is 0 Å². The summed E-state index contributed by atoms with van der Waals surface area (Å²) in [5.41, 5.74) is 3.95. The Morgan fingerprint density at radius 1 is 1.37 bits per heavy atom. The fourth-order valence-electron chi connectivity index (χ4n) is 3.83. The lowest BCUT2D eigenvalue weighted by Gasteiger charge is -2.23. The Balaban J connectivity index is 1.79. The zero-order valence-corrected chi connectivity index (χ0v) is 11.6. The third-order valence-electron chi connectivity index (χ3n) is 4.85. The smallest absolute Gasteiger partial charge is 0.308 e. The van der Waals surface area contributed by atoms with Crippen LogP contribution in [0.15, 0.2) is 18.2 Å². The van der Waals surface area contributed by atoms with Gasteiger partial charge < -0.3 is 5.11 Å². The van der Waals surface area contributed by atoms with Crippen molar-refractivity contribution in [3.8, 4) is 0 Å². The molecular weight excluding hydrogens is 238 g/mol. The minimum Gasteiger partial charge on any atom is -0.481 e. The Kier molecular flexibility index (Phi) is 3.09. The Morgan fingerprint density at radius 2 is 2.16 bits per heavy atom. The monoisotopic (exact) mass is 259 g/mol. The molecule has 3 rings (SSSR count). The van der Waals surface area contributed by atoms with Crippen LogP contribution in [0.2, 0.25) is 0 Å². The highest BCUT2D eigenvalue weighted by Gasteiger charge is 2.48. The van der Waals surface area contributed by atoms with Crippen molar-refractivity contribution >= 4 is 5.97 Å². The minimum absolute atomic E-state index is 0.149. The molecule has 3 nitrogen and oxygen atoms in total. The summed E-state index contributed by atoms with van der Waals surface area (Å²) in [6.45, 7) is 5.16. The molecule has 2 aliphatic rings. The van der Waals surface area contributed by atoms with Crippen LogP contribution < -0.4 is 0 Å². The molecular formula is C16H21NO2. The molecule has 2 bridgehead atoms. The third-order valence-corrected chi connectivity index (χ3v) is 4.85. The van der Waals surface area contributed by atoms with Gasteiger partial charge in [0, 0.05) is 18.6 Å². The number of aliphatic carboxylic acids is 1. The van der Waals surface area contributed by atoms with Gasteiger partial charge in [0.05, 0.1) is 5.92 Å². The maximum absolute atomic E-state index is 11.3. The Labute approximate surface area is 114 Å². The van der Waals surface area contributed by atoms with Crippen LogP contribution in [0.25, 0.3) is 0 Å². The standard InChI is InChI=1S/C16H21NO2/c1-10-3-4-12(11(2)7-10)9-17-13-5-6-15(17)14(8-13)16(18)19/h3-4,7,13-15H,5-6,8-9H2,1-2H3,(H,18,19). The fraction of sp³-hybridized carbons (Fsp3) is 0.562. The zero-order valence-electron chi connectivity index (χ0n) is 11.6. The van der Waals surface area contributed by atoms with Crippen LogP contribution in [0.3, 0.4) is 0 Å². The second-order valence-electron chi connectivity index (χ2n) is 6.08. The summed E-state index contributed by atoms with van der Waals surface area (Å²) >= 11 is 0. The van der Waals surface area contributed by atoms with Crippen LogP contribution in [0.1, 0.15) is 36.0 Å². The number of aryl methyl sites for hydroxylation is 2. The quantitative estimate of drug-likeness (QED) is 0.907. The number of benzene rings is 1. The van der Waals surface area contributed by atoms with Crippen LogP contribution in [-0.4, -0.2) is 28.1 Å². The summed E-state index contributed by atoms with van der Waals surface area (Å²) in [4.78, 5) is 13.7. The van der Waals surface area contributed by atoms with Gasteiger partial charge in [-0.25, -0.2) is 0 Å².